The lowest BCUT2D eigenvalue weighted by atomic mass is 9.86. The molecule has 1 saturated heterocycles. The van der Waals surface area contributed by atoms with E-state index >= 15 is 0 Å². The summed E-state index contributed by atoms with van der Waals surface area (Å²) in [4.78, 5) is 4.74. The molecule has 0 bridgehead atoms. The summed E-state index contributed by atoms with van der Waals surface area (Å²) in [5.74, 6) is 0.696. The molecular weight excluding hydrogens is 262 g/mol. The van der Waals surface area contributed by atoms with Crippen molar-refractivity contribution in [1.29, 1.82) is 0 Å². The van der Waals surface area contributed by atoms with Crippen LogP contribution in [0.15, 0.2) is 0 Å². The Morgan fingerprint density at radius 2 is 2.05 bits per heavy atom. The Morgan fingerprint density at radius 1 is 1.38 bits per heavy atom. The fraction of sp³-hybridized carbons (Fsp3) is 1.00. The molecule has 0 saturated carbocycles. The summed E-state index contributed by atoms with van der Waals surface area (Å²) in [5, 5.41) is 13.6. The maximum atomic E-state index is 10.0. The lowest BCUT2D eigenvalue weighted by Crippen LogP contribution is -2.46. The quantitative estimate of drug-likeness (QED) is 0.679. The van der Waals surface area contributed by atoms with Crippen molar-refractivity contribution >= 4 is 0 Å². The summed E-state index contributed by atoms with van der Waals surface area (Å²) in [5.41, 5.74) is 0.281. The molecule has 1 rings (SSSR count). The molecular formula is C17H37N3O. The average Bonchev–Trinajstić information content (AvgIpc) is 2.67. The fourth-order valence-corrected chi connectivity index (χ4v) is 3.21. The lowest BCUT2D eigenvalue weighted by Gasteiger charge is -2.37. The van der Waals surface area contributed by atoms with Crippen LogP contribution in [0.1, 0.15) is 40.5 Å². The molecule has 3 atom stereocenters. The van der Waals surface area contributed by atoms with Gasteiger partial charge in [0.05, 0.1) is 6.10 Å². The maximum absolute atomic E-state index is 10.0. The van der Waals surface area contributed by atoms with E-state index in [1.807, 2.05) is 0 Å². The van der Waals surface area contributed by atoms with Crippen LogP contribution in [0, 0.1) is 11.3 Å². The van der Waals surface area contributed by atoms with Crippen LogP contribution in [0.25, 0.3) is 0 Å². The number of aliphatic hydroxyl groups is 1. The Morgan fingerprint density at radius 3 is 2.57 bits per heavy atom. The predicted molar refractivity (Wildman–Crippen MR) is 90.6 cm³/mol. The van der Waals surface area contributed by atoms with E-state index in [1.165, 1.54) is 6.42 Å². The molecule has 0 aliphatic carbocycles. The molecule has 4 nitrogen and oxygen atoms in total. The number of hydrogen-bond acceptors (Lipinski definition) is 4. The molecule has 1 heterocycles. The number of hydrogen-bond donors (Lipinski definition) is 2. The number of nitrogens with zero attached hydrogens (tertiary/aromatic N) is 2. The second kappa shape index (κ2) is 8.47. The van der Waals surface area contributed by atoms with Crippen molar-refractivity contribution < 1.29 is 5.11 Å². The number of rotatable bonds is 9. The number of β-amino-alcohol motifs (C(OH)–C–C–N with tert-alkyl or cyclic N) is 1. The van der Waals surface area contributed by atoms with Crippen molar-refractivity contribution in [1.82, 2.24) is 15.1 Å². The molecule has 0 spiro atoms. The van der Waals surface area contributed by atoms with Gasteiger partial charge in [-0.05, 0) is 44.8 Å². The van der Waals surface area contributed by atoms with Crippen LogP contribution in [-0.4, -0.2) is 73.9 Å². The van der Waals surface area contributed by atoms with Gasteiger partial charge in [0.2, 0.25) is 0 Å². The van der Waals surface area contributed by atoms with Crippen molar-refractivity contribution in [3.63, 3.8) is 0 Å². The first-order chi connectivity index (χ1) is 9.75. The third kappa shape index (κ3) is 6.64. The highest BCUT2D eigenvalue weighted by Crippen LogP contribution is 2.27. The molecule has 126 valence electrons. The minimum absolute atomic E-state index is 0.153. The van der Waals surface area contributed by atoms with E-state index in [9.17, 15) is 5.11 Å². The third-order valence-corrected chi connectivity index (χ3v) is 4.62. The summed E-state index contributed by atoms with van der Waals surface area (Å²) in [7, 11) is 4.23. The van der Waals surface area contributed by atoms with E-state index in [0.29, 0.717) is 12.0 Å². The van der Waals surface area contributed by atoms with Gasteiger partial charge < -0.3 is 15.3 Å². The predicted octanol–water partition coefficient (Wildman–Crippen LogP) is 1.65. The van der Waals surface area contributed by atoms with Gasteiger partial charge in [-0.1, -0.05) is 27.7 Å². The first-order valence-electron chi connectivity index (χ1n) is 8.53. The van der Waals surface area contributed by atoms with Crippen LogP contribution in [0.3, 0.4) is 0 Å². The van der Waals surface area contributed by atoms with E-state index in [0.717, 1.165) is 39.1 Å². The Balaban J connectivity index is 2.56. The normalized spacial score (nSPS) is 26.7. The Bertz CT molecular complexity index is 296. The van der Waals surface area contributed by atoms with Crippen LogP contribution in [-0.2, 0) is 0 Å². The second-order valence-electron chi connectivity index (χ2n) is 7.92. The molecule has 3 unspecified atom stereocenters. The zero-order valence-electron chi connectivity index (χ0n) is 15.0. The minimum atomic E-state index is -0.153. The van der Waals surface area contributed by atoms with E-state index in [2.05, 4.69) is 56.9 Å². The molecule has 4 heteroatoms. The van der Waals surface area contributed by atoms with Gasteiger partial charge in [-0.15, -0.1) is 0 Å². The molecule has 0 amide bonds. The van der Waals surface area contributed by atoms with Crippen LogP contribution in [0.2, 0.25) is 0 Å². The van der Waals surface area contributed by atoms with E-state index in [4.69, 9.17) is 0 Å². The Kier molecular flexibility index (Phi) is 7.62. The van der Waals surface area contributed by atoms with Crippen LogP contribution >= 0.6 is 0 Å². The van der Waals surface area contributed by atoms with Crippen molar-refractivity contribution in [2.24, 2.45) is 11.3 Å². The topological polar surface area (TPSA) is 38.7 Å². The van der Waals surface area contributed by atoms with Crippen molar-refractivity contribution in [3.8, 4) is 0 Å². The zero-order valence-corrected chi connectivity index (χ0v) is 15.0. The highest BCUT2D eigenvalue weighted by molar-refractivity contribution is 4.91. The molecule has 0 aromatic rings. The second-order valence-corrected chi connectivity index (χ2v) is 7.92. The van der Waals surface area contributed by atoms with Gasteiger partial charge >= 0.3 is 0 Å². The zero-order chi connectivity index (χ0) is 16.0. The molecule has 0 aromatic heterocycles. The fourth-order valence-electron chi connectivity index (χ4n) is 3.21. The van der Waals surface area contributed by atoms with Gasteiger partial charge in [0.25, 0.3) is 0 Å². The SMILES string of the molecule is CCC(C)(CNCC(C)C)CN1CC(O)CC1CN(C)C. The molecule has 0 radical (unpaired) electrons. The van der Waals surface area contributed by atoms with Crippen LogP contribution in [0.4, 0.5) is 0 Å². The van der Waals surface area contributed by atoms with Crippen LogP contribution in [0.5, 0.6) is 0 Å². The standard InChI is InChI=1S/C17H37N3O/c1-7-17(4,12-18-9-14(2)3)13-20-11-16(21)8-15(20)10-19(5)6/h14-16,18,21H,7-13H2,1-6H3. The highest BCUT2D eigenvalue weighted by atomic mass is 16.3. The number of nitrogens with one attached hydrogen (secondary N) is 1. The van der Waals surface area contributed by atoms with Gasteiger partial charge in [0.15, 0.2) is 0 Å². The molecule has 1 aliphatic rings. The molecule has 0 aromatic carbocycles. The molecule has 1 aliphatic heterocycles. The Labute approximate surface area is 131 Å². The smallest absolute Gasteiger partial charge is 0.0682 e. The summed E-state index contributed by atoms with van der Waals surface area (Å²) in [6.07, 6.45) is 1.93. The van der Waals surface area contributed by atoms with E-state index in [-0.39, 0.29) is 11.5 Å². The monoisotopic (exact) mass is 299 g/mol. The van der Waals surface area contributed by atoms with Gasteiger partial charge in [0, 0.05) is 32.2 Å². The molecule has 2 N–H and O–H groups in total. The maximum Gasteiger partial charge on any atom is 0.0682 e. The van der Waals surface area contributed by atoms with Crippen molar-refractivity contribution in [2.75, 3.05) is 46.8 Å². The minimum Gasteiger partial charge on any atom is -0.392 e. The summed E-state index contributed by atoms with van der Waals surface area (Å²) in [6.45, 7) is 14.2. The third-order valence-electron chi connectivity index (χ3n) is 4.62. The first kappa shape index (κ1) is 18.9. The summed E-state index contributed by atoms with van der Waals surface area (Å²) in [6, 6.07) is 0.492. The van der Waals surface area contributed by atoms with Gasteiger partial charge in [-0.3, -0.25) is 4.90 Å². The van der Waals surface area contributed by atoms with E-state index < -0.39 is 0 Å². The number of likely N-dealkylation sites (tertiary alicyclic amines) is 1. The van der Waals surface area contributed by atoms with Crippen LogP contribution < -0.4 is 5.32 Å². The first-order valence-corrected chi connectivity index (χ1v) is 8.53. The van der Waals surface area contributed by atoms with E-state index in [1.54, 1.807) is 0 Å². The lowest BCUT2D eigenvalue weighted by molar-refractivity contribution is 0.118. The van der Waals surface area contributed by atoms with Gasteiger partial charge in [-0.2, -0.15) is 0 Å². The Hall–Kier alpha value is -0.160. The molecule has 21 heavy (non-hydrogen) atoms. The van der Waals surface area contributed by atoms with Gasteiger partial charge in [-0.25, -0.2) is 0 Å². The summed E-state index contributed by atoms with van der Waals surface area (Å²) < 4.78 is 0. The number of likely N-dealkylation sites (N-methyl/N-ethyl adjacent to an activating group) is 1. The van der Waals surface area contributed by atoms with Gasteiger partial charge in [0.1, 0.15) is 0 Å². The molecule has 1 fully saturated rings. The largest absolute Gasteiger partial charge is 0.392 e. The summed E-state index contributed by atoms with van der Waals surface area (Å²) >= 11 is 0. The highest BCUT2D eigenvalue weighted by Gasteiger charge is 2.35. The van der Waals surface area contributed by atoms with Crippen molar-refractivity contribution in [2.45, 2.75) is 52.7 Å². The van der Waals surface area contributed by atoms with Crippen molar-refractivity contribution in [3.05, 3.63) is 0 Å². The number of aliphatic hydroxyl groups excluding tert-OH is 1. The average molecular weight is 300 g/mol.